The highest BCUT2D eigenvalue weighted by Crippen LogP contribution is 2.38. The topological polar surface area (TPSA) is 53.7 Å². The summed E-state index contributed by atoms with van der Waals surface area (Å²) in [6.07, 6.45) is 2.42. The summed E-state index contributed by atoms with van der Waals surface area (Å²) in [6.45, 7) is 3.68. The Kier molecular flexibility index (Phi) is 4.84. The van der Waals surface area contributed by atoms with E-state index in [0.717, 1.165) is 5.56 Å². The van der Waals surface area contributed by atoms with Gasteiger partial charge in [0.1, 0.15) is 17.2 Å². The lowest BCUT2D eigenvalue weighted by molar-refractivity contribution is 0.364. The number of ether oxygens (including phenoxy) is 3. The molecule has 17 heavy (non-hydrogen) atoms. The first-order valence-electron chi connectivity index (χ1n) is 5.34. The third kappa shape index (κ3) is 2.91. The lowest BCUT2D eigenvalue weighted by Gasteiger charge is -2.19. The van der Waals surface area contributed by atoms with Gasteiger partial charge in [0.2, 0.25) is 0 Å². The van der Waals surface area contributed by atoms with Gasteiger partial charge in [-0.25, -0.2) is 0 Å². The first-order valence-corrected chi connectivity index (χ1v) is 5.34. The first-order chi connectivity index (χ1) is 8.17. The molecule has 0 aromatic heterocycles. The third-order valence-electron chi connectivity index (χ3n) is 2.54. The summed E-state index contributed by atoms with van der Waals surface area (Å²) in [7, 11) is 4.79. The van der Waals surface area contributed by atoms with Crippen LogP contribution in [0.1, 0.15) is 18.0 Å². The second-order valence-corrected chi connectivity index (χ2v) is 3.58. The Bertz CT molecular complexity index is 365. The van der Waals surface area contributed by atoms with Gasteiger partial charge in [-0.05, 0) is 6.42 Å². The van der Waals surface area contributed by atoms with Crippen molar-refractivity contribution in [2.45, 2.75) is 12.5 Å². The maximum Gasteiger partial charge on any atom is 0.131 e. The molecule has 1 rings (SSSR count). The van der Waals surface area contributed by atoms with Crippen LogP contribution in [-0.2, 0) is 0 Å². The van der Waals surface area contributed by atoms with Crippen LogP contribution in [0.15, 0.2) is 24.8 Å². The predicted octanol–water partition coefficient (Wildman–Crippen LogP) is 2.29. The molecule has 0 amide bonds. The van der Waals surface area contributed by atoms with Crippen molar-refractivity contribution in [2.24, 2.45) is 5.73 Å². The Hall–Kier alpha value is -1.68. The van der Waals surface area contributed by atoms with Crippen LogP contribution in [0.2, 0.25) is 0 Å². The molecular weight excluding hydrogens is 218 g/mol. The molecule has 0 saturated heterocycles. The normalized spacial score (nSPS) is 11.8. The predicted molar refractivity (Wildman–Crippen MR) is 67.8 cm³/mol. The van der Waals surface area contributed by atoms with Gasteiger partial charge in [0.15, 0.2) is 0 Å². The molecule has 2 N–H and O–H groups in total. The monoisotopic (exact) mass is 237 g/mol. The van der Waals surface area contributed by atoms with Crippen LogP contribution in [-0.4, -0.2) is 21.3 Å². The second kappa shape index (κ2) is 6.15. The number of benzene rings is 1. The van der Waals surface area contributed by atoms with Crippen LogP contribution >= 0.6 is 0 Å². The molecule has 1 aromatic rings. The number of nitrogens with two attached hydrogens (primary N) is 1. The fourth-order valence-corrected chi connectivity index (χ4v) is 1.70. The minimum atomic E-state index is -0.205. The molecule has 0 heterocycles. The fraction of sp³-hybridized carbons (Fsp3) is 0.385. The molecule has 1 atom stereocenters. The van der Waals surface area contributed by atoms with Gasteiger partial charge in [0.05, 0.1) is 26.9 Å². The van der Waals surface area contributed by atoms with Crippen LogP contribution in [0.3, 0.4) is 0 Å². The van der Waals surface area contributed by atoms with Crippen molar-refractivity contribution in [3.8, 4) is 17.2 Å². The largest absolute Gasteiger partial charge is 0.496 e. The Morgan fingerprint density at radius 1 is 1.18 bits per heavy atom. The van der Waals surface area contributed by atoms with E-state index in [-0.39, 0.29) is 6.04 Å². The van der Waals surface area contributed by atoms with Gasteiger partial charge < -0.3 is 19.9 Å². The molecule has 0 unspecified atom stereocenters. The zero-order valence-electron chi connectivity index (χ0n) is 10.5. The number of hydrogen-bond acceptors (Lipinski definition) is 4. The van der Waals surface area contributed by atoms with E-state index >= 15 is 0 Å². The van der Waals surface area contributed by atoms with Crippen molar-refractivity contribution in [3.05, 3.63) is 30.4 Å². The molecule has 94 valence electrons. The van der Waals surface area contributed by atoms with Gasteiger partial charge >= 0.3 is 0 Å². The molecule has 0 spiro atoms. The van der Waals surface area contributed by atoms with E-state index in [4.69, 9.17) is 19.9 Å². The van der Waals surface area contributed by atoms with E-state index in [9.17, 15) is 0 Å². The van der Waals surface area contributed by atoms with Gasteiger partial charge in [-0.3, -0.25) is 0 Å². The molecule has 0 bridgehead atoms. The van der Waals surface area contributed by atoms with Crippen molar-refractivity contribution < 1.29 is 14.2 Å². The van der Waals surface area contributed by atoms with E-state index in [0.29, 0.717) is 23.7 Å². The van der Waals surface area contributed by atoms with E-state index in [1.165, 1.54) is 0 Å². The molecule has 0 aliphatic rings. The average molecular weight is 237 g/mol. The molecule has 0 aliphatic heterocycles. The van der Waals surface area contributed by atoms with Gasteiger partial charge in [0, 0.05) is 18.2 Å². The molecule has 0 saturated carbocycles. The van der Waals surface area contributed by atoms with Crippen molar-refractivity contribution in [3.63, 3.8) is 0 Å². The summed E-state index contributed by atoms with van der Waals surface area (Å²) in [5, 5.41) is 0. The first kappa shape index (κ1) is 13.4. The lowest BCUT2D eigenvalue weighted by Crippen LogP contribution is -2.12. The second-order valence-electron chi connectivity index (χ2n) is 3.58. The Balaban J connectivity index is 3.28. The van der Waals surface area contributed by atoms with Crippen molar-refractivity contribution in [2.75, 3.05) is 21.3 Å². The highest BCUT2D eigenvalue weighted by molar-refractivity contribution is 5.52. The average Bonchev–Trinajstić information content (AvgIpc) is 2.37. The Morgan fingerprint density at radius 3 is 2.06 bits per heavy atom. The Morgan fingerprint density at radius 2 is 1.71 bits per heavy atom. The fourth-order valence-electron chi connectivity index (χ4n) is 1.70. The van der Waals surface area contributed by atoms with Gasteiger partial charge in [0.25, 0.3) is 0 Å². The lowest BCUT2D eigenvalue weighted by atomic mass is 10.0. The van der Waals surface area contributed by atoms with Crippen molar-refractivity contribution in [1.82, 2.24) is 0 Å². The molecule has 0 aliphatic carbocycles. The van der Waals surface area contributed by atoms with Crippen LogP contribution in [0.25, 0.3) is 0 Å². The van der Waals surface area contributed by atoms with Gasteiger partial charge in [-0.2, -0.15) is 0 Å². The number of methoxy groups -OCH3 is 3. The summed E-state index contributed by atoms with van der Waals surface area (Å²) in [5.74, 6) is 2.00. The molecule has 0 fully saturated rings. The van der Waals surface area contributed by atoms with Crippen LogP contribution in [0.5, 0.6) is 17.2 Å². The highest BCUT2D eigenvalue weighted by Gasteiger charge is 2.18. The summed E-state index contributed by atoms with van der Waals surface area (Å²) in [5.41, 5.74) is 6.91. The van der Waals surface area contributed by atoms with E-state index in [1.807, 2.05) is 0 Å². The zero-order chi connectivity index (χ0) is 12.8. The summed E-state index contributed by atoms with van der Waals surface area (Å²) in [6, 6.07) is 3.38. The smallest absolute Gasteiger partial charge is 0.131 e. The van der Waals surface area contributed by atoms with E-state index < -0.39 is 0 Å². The maximum atomic E-state index is 6.08. The standard InChI is InChI=1S/C13H19NO3/c1-5-6-10(14)13-11(16-3)7-9(15-2)8-12(13)17-4/h5,7-8,10H,1,6,14H2,2-4H3/t10-/m0/s1. The highest BCUT2D eigenvalue weighted by atomic mass is 16.5. The van der Waals surface area contributed by atoms with Crippen molar-refractivity contribution in [1.29, 1.82) is 0 Å². The third-order valence-corrected chi connectivity index (χ3v) is 2.54. The quantitative estimate of drug-likeness (QED) is 0.771. The molecule has 4 nitrogen and oxygen atoms in total. The molecule has 1 aromatic carbocycles. The maximum absolute atomic E-state index is 6.08. The summed E-state index contributed by atoms with van der Waals surface area (Å²) in [4.78, 5) is 0. The van der Waals surface area contributed by atoms with Crippen LogP contribution in [0.4, 0.5) is 0 Å². The van der Waals surface area contributed by atoms with Gasteiger partial charge in [-0.15, -0.1) is 6.58 Å². The SMILES string of the molecule is C=CC[C@H](N)c1c(OC)cc(OC)cc1OC. The number of hydrogen-bond donors (Lipinski definition) is 1. The minimum Gasteiger partial charge on any atom is -0.496 e. The number of rotatable bonds is 6. The molecule has 0 radical (unpaired) electrons. The summed E-state index contributed by atoms with van der Waals surface area (Å²) < 4.78 is 15.8. The zero-order valence-corrected chi connectivity index (χ0v) is 10.5. The molecular formula is C13H19NO3. The summed E-state index contributed by atoms with van der Waals surface area (Å²) >= 11 is 0. The van der Waals surface area contributed by atoms with E-state index in [1.54, 1.807) is 39.5 Å². The van der Waals surface area contributed by atoms with Gasteiger partial charge in [-0.1, -0.05) is 6.08 Å². The van der Waals surface area contributed by atoms with Crippen LogP contribution in [0, 0.1) is 0 Å². The van der Waals surface area contributed by atoms with E-state index in [2.05, 4.69) is 6.58 Å². The minimum absolute atomic E-state index is 0.205. The van der Waals surface area contributed by atoms with Crippen LogP contribution < -0.4 is 19.9 Å². The molecule has 4 heteroatoms. The van der Waals surface area contributed by atoms with Crippen molar-refractivity contribution >= 4 is 0 Å². The Labute approximate surface area is 102 Å².